The Morgan fingerprint density at radius 1 is 1.15 bits per heavy atom. The van der Waals surface area contributed by atoms with E-state index in [0.717, 1.165) is 22.6 Å². The van der Waals surface area contributed by atoms with E-state index in [-0.39, 0.29) is 5.91 Å². The van der Waals surface area contributed by atoms with Crippen LogP contribution in [0.2, 0.25) is 5.02 Å². The van der Waals surface area contributed by atoms with E-state index in [4.69, 9.17) is 11.6 Å². The third-order valence-corrected chi connectivity index (χ3v) is 5.29. The Hall–Kier alpha value is -2.12. The van der Waals surface area contributed by atoms with Gasteiger partial charge in [0.1, 0.15) is 0 Å². The van der Waals surface area contributed by atoms with Crippen molar-refractivity contribution in [2.45, 2.75) is 13.8 Å². The summed E-state index contributed by atoms with van der Waals surface area (Å²) in [6.45, 7) is 4.09. The summed E-state index contributed by atoms with van der Waals surface area (Å²) in [6.07, 6.45) is 1.66. The van der Waals surface area contributed by atoms with Crippen molar-refractivity contribution >= 4 is 46.3 Å². The zero-order valence-corrected chi connectivity index (χ0v) is 17.2. The number of aromatic nitrogens is 1. The average Bonchev–Trinajstić information content (AvgIpc) is 2.90. The predicted molar refractivity (Wildman–Crippen MR) is 114 cm³/mol. The first-order valence-corrected chi connectivity index (χ1v) is 9.46. The summed E-state index contributed by atoms with van der Waals surface area (Å²) in [5, 5.41) is 4.49. The number of benzene rings is 2. The van der Waals surface area contributed by atoms with Crippen LogP contribution in [0.4, 0.5) is 0 Å². The van der Waals surface area contributed by atoms with Gasteiger partial charge in [0.2, 0.25) is 0 Å². The molecule has 0 bridgehead atoms. The summed E-state index contributed by atoms with van der Waals surface area (Å²) < 4.78 is 3.35. The number of aryl methyl sites for hydroxylation is 1. The zero-order valence-electron chi connectivity index (χ0n) is 14.3. The van der Waals surface area contributed by atoms with Gasteiger partial charge < -0.3 is 4.57 Å². The number of carbonyl (C=O) groups excluding carboxylic acids is 1. The molecule has 6 heteroatoms. The highest BCUT2D eigenvalue weighted by molar-refractivity contribution is 14.1. The smallest absolute Gasteiger partial charge is 0.272 e. The molecule has 1 aromatic heterocycles. The number of nitrogens with one attached hydrogen (secondary N) is 1. The normalized spacial score (nSPS) is 11.1. The van der Waals surface area contributed by atoms with Crippen LogP contribution in [-0.4, -0.2) is 16.7 Å². The van der Waals surface area contributed by atoms with E-state index in [9.17, 15) is 4.79 Å². The minimum Gasteiger partial charge on any atom is -0.317 e. The summed E-state index contributed by atoms with van der Waals surface area (Å²) in [5.41, 5.74) is 7.16. The van der Waals surface area contributed by atoms with Crippen molar-refractivity contribution in [3.8, 4) is 5.69 Å². The number of amides is 1. The Kier molecular flexibility index (Phi) is 5.78. The molecule has 4 nitrogen and oxygen atoms in total. The SMILES string of the molecule is Cc1cc(/C=N\NC(=O)c2ccccc2Cl)c(C)n1-c1ccccc1I. The lowest BCUT2D eigenvalue weighted by molar-refractivity contribution is 0.0955. The van der Waals surface area contributed by atoms with Crippen LogP contribution in [-0.2, 0) is 0 Å². The number of halogens is 2. The van der Waals surface area contributed by atoms with E-state index in [1.165, 1.54) is 3.57 Å². The monoisotopic (exact) mass is 477 g/mol. The highest BCUT2D eigenvalue weighted by Crippen LogP contribution is 2.23. The highest BCUT2D eigenvalue weighted by atomic mass is 127. The van der Waals surface area contributed by atoms with Crippen LogP contribution >= 0.6 is 34.2 Å². The number of carbonyl (C=O) groups is 1. The molecular formula is C20H17ClIN3O. The van der Waals surface area contributed by atoms with Gasteiger partial charge in [0.05, 0.1) is 22.5 Å². The molecule has 3 aromatic rings. The van der Waals surface area contributed by atoms with E-state index in [1.807, 2.05) is 25.1 Å². The van der Waals surface area contributed by atoms with Crippen LogP contribution in [0, 0.1) is 17.4 Å². The molecule has 3 rings (SSSR count). The second-order valence-electron chi connectivity index (χ2n) is 5.79. The van der Waals surface area contributed by atoms with E-state index >= 15 is 0 Å². The molecular weight excluding hydrogens is 461 g/mol. The van der Waals surface area contributed by atoms with Crippen LogP contribution < -0.4 is 5.43 Å². The van der Waals surface area contributed by atoms with Gasteiger partial charge in [-0.2, -0.15) is 5.10 Å². The van der Waals surface area contributed by atoms with Crippen molar-refractivity contribution < 1.29 is 4.79 Å². The maximum Gasteiger partial charge on any atom is 0.272 e. The quantitative estimate of drug-likeness (QED) is 0.317. The lowest BCUT2D eigenvalue weighted by atomic mass is 10.2. The Bertz CT molecular complexity index is 994. The van der Waals surface area contributed by atoms with Crippen molar-refractivity contribution in [3.05, 3.63) is 85.7 Å². The predicted octanol–water partition coefficient (Wildman–Crippen LogP) is 5.12. The molecule has 0 fully saturated rings. The number of hydrazone groups is 1. The molecule has 26 heavy (non-hydrogen) atoms. The van der Waals surface area contributed by atoms with Crippen molar-refractivity contribution in [1.82, 2.24) is 9.99 Å². The minimum absolute atomic E-state index is 0.335. The molecule has 0 radical (unpaired) electrons. The standard InChI is InChI=1S/C20H17ClIN3O/c1-13-11-15(14(2)25(13)19-10-6-5-9-18(19)22)12-23-24-20(26)16-7-3-4-8-17(16)21/h3-12H,1-2H3,(H,24,26)/b23-12-. The van der Waals surface area contributed by atoms with Gasteiger partial charge in [0.15, 0.2) is 0 Å². The molecule has 0 aliphatic heterocycles. The maximum atomic E-state index is 12.2. The minimum atomic E-state index is -0.335. The van der Waals surface area contributed by atoms with Crippen LogP contribution in [0.25, 0.3) is 5.69 Å². The zero-order chi connectivity index (χ0) is 18.7. The lowest BCUT2D eigenvalue weighted by Gasteiger charge is -2.11. The first kappa shape index (κ1) is 18.7. The van der Waals surface area contributed by atoms with Crippen LogP contribution in [0.3, 0.4) is 0 Å². The van der Waals surface area contributed by atoms with Gasteiger partial charge in [-0.1, -0.05) is 35.9 Å². The fourth-order valence-corrected chi connectivity index (χ4v) is 3.64. The Morgan fingerprint density at radius 2 is 1.85 bits per heavy atom. The van der Waals surface area contributed by atoms with Crippen molar-refractivity contribution in [1.29, 1.82) is 0 Å². The van der Waals surface area contributed by atoms with Crippen molar-refractivity contribution in [2.24, 2.45) is 5.10 Å². The third-order valence-electron chi connectivity index (χ3n) is 4.05. The maximum absolute atomic E-state index is 12.2. The first-order valence-electron chi connectivity index (χ1n) is 8.01. The van der Waals surface area contributed by atoms with Gasteiger partial charge in [0, 0.05) is 20.5 Å². The topological polar surface area (TPSA) is 46.4 Å². The van der Waals surface area contributed by atoms with Crippen LogP contribution in [0.1, 0.15) is 27.3 Å². The van der Waals surface area contributed by atoms with Gasteiger partial charge in [0.25, 0.3) is 5.91 Å². The summed E-state index contributed by atoms with van der Waals surface area (Å²) in [7, 11) is 0. The number of hydrogen-bond acceptors (Lipinski definition) is 2. The van der Waals surface area contributed by atoms with Crippen LogP contribution in [0.5, 0.6) is 0 Å². The molecule has 0 unspecified atom stereocenters. The fraction of sp³-hybridized carbons (Fsp3) is 0.100. The molecule has 0 atom stereocenters. The average molecular weight is 478 g/mol. The molecule has 1 heterocycles. The van der Waals surface area contributed by atoms with Gasteiger partial charge in [-0.3, -0.25) is 4.79 Å². The van der Waals surface area contributed by atoms with Crippen molar-refractivity contribution in [3.63, 3.8) is 0 Å². The van der Waals surface area contributed by atoms with E-state index in [0.29, 0.717) is 10.6 Å². The molecule has 0 saturated heterocycles. The summed E-state index contributed by atoms with van der Waals surface area (Å²) in [5.74, 6) is -0.335. The van der Waals surface area contributed by atoms with Gasteiger partial charge >= 0.3 is 0 Å². The lowest BCUT2D eigenvalue weighted by Crippen LogP contribution is -2.18. The number of rotatable bonds is 4. The molecule has 1 N–H and O–H groups in total. The Balaban J connectivity index is 1.82. The second-order valence-corrected chi connectivity index (χ2v) is 7.36. The van der Waals surface area contributed by atoms with E-state index < -0.39 is 0 Å². The molecule has 2 aromatic carbocycles. The molecule has 0 saturated carbocycles. The Morgan fingerprint density at radius 3 is 2.58 bits per heavy atom. The van der Waals surface area contributed by atoms with Gasteiger partial charge in [-0.15, -0.1) is 0 Å². The first-order chi connectivity index (χ1) is 12.5. The van der Waals surface area contributed by atoms with Gasteiger partial charge in [-0.05, 0) is 66.8 Å². The molecule has 0 aliphatic carbocycles. The summed E-state index contributed by atoms with van der Waals surface area (Å²) in [4.78, 5) is 12.2. The number of hydrogen-bond donors (Lipinski definition) is 1. The second kappa shape index (κ2) is 8.05. The fourth-order valence-electron chi connectivity index (χ4n) is 2.79. The van der Waals surface area contributed by atoms with E-state index in [1.54, 1.807) is 30.5 Å². The molecule has 132 valence electrons. The number of nitrogens with zero attached hydrogens (tertiary/aromatic N) is 2. The van der Waals surface area contributed by atoms with Gasteiger partial charge in [-0.25, -0.2) is 5.43 Å². The summed E-state index contributed by atoms with van der Waals surface area (Å²) in [6, 6.07) is 17.1. The highest BCUT2D eigenvalue weighted by Gasteiger charge is 2.12. The summed E-state index contributed by atoms with van der Waals surface area (Å²) >= 11 is 8.36. The number of para-hydroxylation sites is 1. The Labute approximate surface area is 171 Å². The van der Waals surface area contributed by atoms with Crippen molar-refractivity contribution in [2.75, 3.05) is 0 Å². The largest absolute Gasteiger partial charge is 0.317 e. The van der Waals surface area contributed by atoms with Crippen LogP contribution in [0.15, 0.2) is 59.7 Å². The third kappa shape index (κ3) is 3.83. The molecule has 0 spiro atoms. The molecule has 1 amide bonds. The molecule has 0 aliphatic rings. The van der Waals surface area contributed by atoms with E-state index in [2.05, 4.69) is 56.7 Å².